The lowest BCUT2D eigenvalue weighted by Crippen LogP contribution is -2.32. The van der Waals surface area contributed by atoms with Crippen molar-refractivity contribution in [2.24, 2.45) is 0 Å². The Kier molecular flexibility index (Phi) is 9.78. The van der Waals surface area contributed by atoms with E-state index >= 15 is 0 Å². The fraction of sp³-hybridized carbons (Fsp3) is 0.447. The van der Waals surface area contributed by atoms with Gasteiger partial charge in [0.1, 0.15) is 6.61 Å². The first-order valence-electron chi connectivity index (χ1n) is 17.1. The van der Waals surface area contributed by atoms with E-state index in [4.69, 9.17) is 0 Å². The van der Waals surface area contributed by atoms with Crippen LogP contribution < -0.4 is 26.7 Å². The van der Waals surface area contributed by atoms with E-state index in [1.54, 1.807) is 0 Å². The van der Waals surface area contributed by atoms with Gasteiger partial charge < -0.3 is 30.4 Å². The molecule has 0 unspecified atom stereocenters. The highest BCUT2D eigenvalue weighted by Crippen LogP contribution is 2.26. The Morgan fingerprint density at radius 1 is 0.533 bits per heavy atom. The maximum atomic E-state index is 12.9. The largest absolute Gasteiger partial charge is 0.387 e. The van der Waals surface area contributed by atoms with Crippen molar-refractivity contribution in [3.05, 3.63) is 88.7 Å². The minimum Gasteiger partial charge on any atom is -0.387 e. The van der Waals surface area contributed by atoms with E-state index in [0.717, 1.165) is 95.5 Å². The second kappa shape index (κ2) is 13.6. The number of rotatable bonds is 10. The molecule has 4 aromatic heterocycles. The van der Waals surface area contributed by atoms with E-state index in [1.807, 2.05) is 0 Å². The fourth-order valence-corrected chi connectivity index (χ4v) is 7.67. The summed E-state index contributed by atoms with van der Waals surface area (Å²) in [6.07, 6.45) is 13.9. The van der Waals surface area contributed by atoms with Crippen molar-refractivity contribution in [3.63, 3.8) is 0 Å². The smallest absolute Gasteiger partial charge is 0.250 e. The summed E-state index contributed by atoms with van der Waals surface area (Å²) in [5.41, 5.74) is 15.2. The molecule has 7 nitrogen and oxygen atoms in total. The van der Waals surface area contributed by atoms with Crippen molar-refractivity contribution in [2.75, 3.05) is 6.61 Å². The molecule has 0 radical (unpaired) electrons. The summed E-state index contributed by atoms with van der Waals surface area (Å²) in [7, 11) is 0. The van der Waals surface area contributed by atoms with Gasteiger partial charge in [0.15, 0.2) is 0 Å². The molecule has 240 valence electrons. The molecule has 7 heteroatoms. The minimum atomic E-state index is -0.584. The van der Waals surface area contributed by atoms with Crippen molar-refractivity contribution in [1.82, 2.24) is 25.3 Å². The molecule has 1 aliphatic heterocycles. The standard InChI is InChI=1S/C38H51N5O2/c1-9-21-23(11-3)31-18-33-25(13-5)27(15-7)36(41-33)38(43-35(45)20-44)37-28(16-8)26(14-6)34(42-37)19-32-24(12-4)22(10-2)30(40-32)17-29(21)39-31/h17-19,39-42,44H,9-16,20H2,1-8H3,(H,43,45). The Morgan fingerprint density at radius 2 is 0.933 bits per heavy atom. The fourth-order valence-electron chi connectivity index (χ4n) is 7.67. The molecule has 0 fully saturated rings. The SMILES string of the molecule is CCc1c2[nH]c(c1CC)C=c1[nH]c(c(CC)c1CC)=C(NC(=O)CO)c1[nH]c(c(CC)c1CC)C=c1[nH]c(c(CC)c1CC)=C2. The number of H-pyrrole nitrogens is 4. The summed E-state index contributed by atoms with van der Waals surface area (Å²) in [5, 5.41) is 17.2. The molecule has 0 aliphatic carbocycles. The third-order valence-corrected chi connectivity index (χ3v) is 9.67. The quantitative estimate of drug-likeness (QED) is 0.165. The lowest BCUT2D eigenvalue weighted by Gasteiger charge is -2.11. The van der Waals surface area contributed by atoms with Crippen molar-refractivity contribution in [3.8, 4) is 0 Å². The zero-order valence-corrected chi connectivity index (χ0v) is 28.5. The summed E-state index contributed by atoms with van der Waals surface area (Å²) >= 11 is 0. The van der Waals surface area contributed by atoms with Crippen molar-refractivity contribution >= 4 is 29.8 Å². The Hall–Kier alpha value is -3.97. The van der Waals surface area contributed by atoms with Crippen LogP contribution in [-0.2, 0) is 56.2 Å². The summed E-state index contributed by atoms with van der Waals surface area (Å²) in [4.78, 5) is 28.1. The van der Waals surface area contributed by atoms with Crippen LogP contribution in [0.4, 0.5) is 0 Å². The molecule has 0 saturated heterocycles. The van der Waals surface area contributed by atoms with Crippen molar-refractivity contribution in [2.45, 2.75) is 107 Å². The highest BCUT2D eigenvalue weighted by molar-refractivity contribution is 5.87. The van der Waals surface area contributed by atoms with Gasteiger partial charge in [-0.3, -0.25) is 4.79 Å². The predicted molar refractivity (Wildman–Crippen MR) is 185 cm³/mol. The van der Waals surface area contributed by atoms with Crippen LogP contribution in [0.2, 0.25) is 0 Å². The maximum absolute atomic E-state index is 12.9. The number of aliphatic hydroxyl groups is 1. The van der Waals surface area contributed by atoms with Gasteiger partial charge in [-0.25, -0.2) is 0 Å². The van der Waals surface area contributed by atoms with Gasteiger partial charge in [0.2, 0.25) is 5.91 Å². The normalized spacial score (nSPS) is 12.6. The van der Waals surface area contributed by atoms with E-state index < -0.39 is 12.5 Å². The Balaban J connectivity index is 2.07. The van der Waals surface area contributed by atoms with Crippen molar-refractivity contribution in [1.29, 1.82) is 0 Å². The molecule has 6 N–H and O–H groups in total. The van der Waals surface area contributed by atoms with Crippen LogP contribution in [0, 0.1) is 0 Å². The number of aromatic nitrogens is 4. The molecule has 5 heterocycles. The summed E-state index contributed by atoms with van der Waals surface area (Å²) < 4.78 is 0. The van der Waals surface area contributed by atoms with Gasteiger partial charge >= 0.3 is 0 Å². The van der Waals surface area contributed by atoms with Gasteiger partial charge in [-0.2, -0.15) is 0 Å². The van der Waals surface area contributed by atoms with Gasteiger partial charge in [0.05, 0.1) is 16.7 Å². The Morgan fingerprint density at radius 3 is 1.38 bits per heavy atom. The molecule has 4 aromatic rings. The molecular formula is C38H51N5O2. The van der Waals surface area contributed by atoms with E-state index in [2.05, 4.69) is 98.9 Å². The van der Waals surface area contributed by atoms with Crippen LogP contribution >= 0.6 is 0 Å². The lowest BCUT2D eigenvalue weighted by atomic mass is 9.99. The molecule has 8 bridgehead atoms. The topological polar surface area (TPSA) is 112 Å². The molecule has 1 amide bonds. The van der Waals surface area contributed by atoms with Crippen LogP contribution in [0.25, 0.3) is 23.9 Å². The monoisotopic (exact) mass is 609 g/mol. The number of nitrogens with one attached hydrogen (secondary N) is 5. The van der Waals surface area contributed by atoms with E-state index in [1.165, 1.54) is 44.5 Å². The van der Waals surface area contributed by atoms with E-state index in [9.17, 15) is 9.90 Å². The molecule has 0 saturated carbocycles. The first-order valence-corrected chi connectivity index (χ1v) is 17.1. The molecule has 5 rings (SSSR count). The average molecular weight is 610 g/mol. The number of amides is 1. The molecule has 0 spiro atoms. The Labute approximate surface area is 266 Å². The van der Waals surface area contributed by atoms with E-state index in [-0.39, 0.29) is 0 Å². The first-order chi connectivity index (χ1) is 21.8. The molecule has 0 aromatic carbocycles. The first kappa shape index (κ1) is 32.4. The van der Waals surface area contributed by atoms with Crippen LogP contribution in [0.15, 0.2) is 0 Å². The molecule has 45 heavy (non-hydrogen) atoms. The highest BCUT2D eigenvalue weighted by atomic mass is 16.3. The third-order valence-electron chi connectivity index (χ3n) is 9.67. The van der Waals surface area contributed by atoms with Gasteiger partial charge in [-0.15, -0.1) is 0 Å². The predicted octanol–water partition coefficient (Wildman–Crippen LogP) is 3.56. The minimum absolute atomic E-state index is 0.430. The maximum Gasteiger partial charge on any atom is 0.250 e. The van der Waals surface area contributed by atoms with Gasteiger partial charge in [0.25, 0.3) is 0 Å². The number of aromatic amines is 4. The second-order valence-electron chi connectivity index (χ2n) is 11.9. The van der Waals surface area contributed by atoms with Gasteiger partial charge in [0, 0.05) is 33.1 Å². The molecular weight excluding hydrogens is 558 g/mol. The third kappa shape index (κ3) is 5.56. The summed E-state index contributed by atoms with van der Waals surface area (Å²) in [6, 6.07) is 0. The van der Waals surface area contributed by atoms with Crippen LogP contribution in [0.3, 0.4) is 0 Å². The van der Waals surface area contributed by atoms with Crippen LogP contribution in [0.1, 0.15) is 123 Å². The van der Waals surface area contributed by atoms with Crippen molar-refractivity contribution < 1.29 is 9.90 Å². The highest BCUT2D eigenvalue weighted by Gasteiger charge is 2.23. The van der Waals surface area contributed by atoms with E-state index in [0.29, 0.717) is 5.70 Å². The summed E-state index contributed by atoms with van der Waals surface area (Å²) in [6.45, 7) is 17.1. The molecule has 0 atom stereocenters. The van der Waals surface area contributed by atoms with Crippen LogP contribution in [-0.4, -0.2) is 37.6 Å². The van der Waals surface area contributed by atoms with Gasteiger partial charge in [-0.1, -0.05) is 55.4 Å². The molecule has 1 aliphatic rings. The number of hydrogen-bond donors (Lipinski definition) is 6. The zero-order chi connectivity index (χ0) is 32.4. The average Bonchev–Trinajstić information content (AvgIpc) is 3.78. The number of fused-ring (bicyclic) bond motifs is 8. The number of carbonyl (C=O) groups excluding carboxylic acids is 1. The number of hydrogen-bond acceptors (Lipinski definition) is 2. The number of carbonyl (C=O) groups is 1. The lowest BCUT2D eigenvalue weighted by molar-refractivity contribution is -0.122. The van der Waals surface area contributed by atoms with Crippen LogP contribution in [0.5, 0.6) is 0 Å². The number of aliphatic hydroxyl groups excluding tert-OH is 1. The summed E-state index contributed by atoms with van der Waals surface area (Å²) in [5.74, 6) is -0.430. The second-order valence-corrected chi connectivity index (χ2v) is 11.9. The van der Waals surface area contributed by atoms with Gasteiger partial charge in [-0.05, 0) is 114 Å². The zero-order valence-electron chi connectivity index (χ0n) is 28.5. The Bertz CT molecular complexity index is 1980.